The van der Waals surface area contributed by atoms with Crippen LogP contribution in [0, 0.1) is 6.92 Å². The molecular formula is C21H25N3O5S. The van der Waals surface area contributed by atoms with Gasteiger partial charge in [0, 0.05) is 36.3 Å². The molecule has 2 amide bonds. The van der Waals surface area contributed by atoms with Gasteiger partial charge in [0.25, 0.3) is 11.8 Å². The highest BCUT2D eigenvalue weighted by atomic mass is 32.2. The summed E-state index contributed by atoms with van der Waals surface area (Å²) in [5.74, 6) is -0.0561. The van der Waals surface area contributed by atoms with E-state index >= 15 is 0 Å². The summed E-state index contributed by atoms with van der Waals surface area (Å²) in [5, 5.41) is 2.96. The number of benzene rings is 1. The molecule has 1 saturated carbocycles. The highest BCUT2D eigenvalue weighted by molar-refractivity contribution is 7.89. The molecule has 2 heterocycles. The van der Waals surface area contributed by atoms with E-state index in [1.807, 2.05) is 6.92 Å². The van der Waals surface area contributed by atoms with Crippen LogP contribution in [0.3, 0.4) is 0 Å². The first-order valence-electron chi connectivity index (χ1n) is 10.1. The van der Waals surface area contributed by atoms with Crippen molar-refractivity contribution in [2.24, 2.45) is 0 Å². The molecular weight excluding hydrogens is 406 g/mol. The largest absolute Gasteiger partial charge is 0.459 e. The number of piperidine rings is 1. The lowest BCUT2D eigenvalue weighted by Crippen LogP contribution is -2.46. The van der Waals surface area contributed by atoms with Gasteiger partial charge in [-0.1, -0.05) is 0 Å². The van der Waals surface area contributed by atoms with Crippen molar-refractivity contribution >= 4 is 21.8 Å². The fraction of sp³-hybridized carbons (Fsp3) is 0.429. The summed E-state index contributed by atoms with van der Waals surface area (Å²) in [6, 6.07) is 7.80. The maximum Gasteiger partial charge on any atom is 0.287 e. The van der Waals surface area contributed by atoms with Gasteiger partial charge in [0.15, 0.2) is 5.76 Å². The van der Waals surface area contributed by atoms with Crippen LogP contribution in [0.15, 0.2) is 45.9 Å². The Kier molecular flexibility index (Phi) is 5.66. The molecule has 0 spiro atoms. The summed E-state index contributed by atoms with van der Waals surface area (Å²) in [4.78, 5) is 26.9. The number of sulfonamides is 1. The molecule has 160 valence electrons. The maximum absolute atomic E-state index is 12.8. The van der Waals surface area contributed by atoms with Crippen LogP contribution in [0.5, 0.6) is 0 Å². The predicted molar refractivity (Wildman–Crippen MR) is 110 cm³/mol. The van der Waals surface area contributed by atoms with Gasteiger partial charge in [0.2, 0.25) is 10.0 Å². The van der Waals surface area contributed by atoms with E-state index in [0.717, 1.165) is 18.4 Å². The monoisotopic (exact) mass is 431 g/mol. The number of nitrogens with zero attached hydrogens (tertiary/aromatic N) is 1. The van der Waals surface area contributed by atoms with Crippen molar-refractivity contribution in [1.29, 1.82) is 0 Å². The number of rotatable bonds is 6. The van der Waals surface area contributed by atoms with Gasteiger partial charge in [-0.2, -0.15) is 0 Å². The molecule has 1 aliphatic heterocycles. The Balaban J connectivity index is 1.31. The van der Waals surface area contributed by atoms with Crippen molar-refractivity contribution in [3.05, 3.63) is 53.5 Å². The minimum atomic E-state index is -3.53. The number of carbonyl (C=O) groups is 2. The Morgan fingerprint density at radius 1 is 1.00 bits per heavy atom. The number of aryl methyl sites for hydroxylation is 1. The van der Waals surface area contributed by atoms with Crippen LogP contribution in [-0.4, -0.2) is 50.3 Å². The molecule has 4 rings (SSSR count). The molecule has 0 bridgehead atoms. The summed E-state index contributed by atoms with van der Waals surface area (Å²) in [7, 11) is -3.53. The summed E-state index contributed by atoms with van der Waals surface area (Å²) < 4.78 is 32.3. The Hall–Kier alpha value is -2.65. The van der Waals surface area contributed by atoms with Gasteiger partial charge in [-0.15, -0.1) is 0 Å². The smallest absolute Gasteiger partial charge is 0.287 e. The van der Waals surface area contributed by atoms with Gasteiger partial charge in [0.05, 0.1) is 11.2 Å². The minimum Gasteiger partial charge on any atom is -0.459 e. The van der Waals surface area contributed by atoms with E-state index in [-0.39, 0.29) is 28.8 Å². The molecule has 1 aromatic heterocycles. The van der Waals surface area contributed by atoms with Crippen molar-refractivity contribution in [2.45, 2.75) is 49.6 Å². The van der Waals surface area contributed by atoms with Crippen LogP contribution >= 0.6 is 0 Å². The zero-order valence-corrected chi connectivity index (χ0v) is 17.6. The molecule has 8 nitrogen and oxygen atoms in total. The molecule has 2 aromatic rings. The molecule has 0 unspecified atom stereocenters. The Bertz CT molecular complexity index is 1030. The second-order valence-corrected chi connectivity index (χ2v) is 9.61. The lowest BCUT2D eigenvalue weighted by molar-refractivity contribution is 0.0695. The summed E-state index contributed by atoms with van der Waals surface area (Å²) >= 11 is 0. The fourth-order valence-corrected chi connectivity index (χ4v) is 4.84. The molecule has 0 atom stereocenters. The third-order valence-electron chi connectivity index (χ3n) is 5.50. The van der Waals surface area contributed by atoms with E-state index in [1.165, 1.54) is 18.4 Å². The van der Waals surface area contributed by atoms with Gasteiger partial charge in [-0.3, -0.25) is 9.59 Å². The highest BCUT2D eigenvalue weighted by Gasteiger charge is 2.29. The number of nitrogens with one attached hydrogen (secondary N) is 2. The predicted octanol–water partition coefficient (Wildman–Crippen LogP) is 2.06. The third kappa shape index (κ3) is 4.57. The van der Waals surface area contributed by atoms with Gasteiger partial charge in [0.1, 0.15) is 0 Å². The molecule has 9 heteroatoms. The average molecular weight is 432 g/mol. The van der Waals surface area contributed by atoms with Gasteiger partial charge in [-0.25, -0.2) is 13.1 Å². The van der Waals surface area contributed by atoms with E-state index in [2.05, 4.69) is 10.0 Å². The number of carbonyl (C=O) groups excluding carboxylic acids is 2. The number of amides is 2. The van der Waals surface area contributed by atoms with Crippen LogP contribution in [-0.2, 0) is 10.0 Å². The van der Waals surface area contributed by atoms with Crippen LogP contribution in [0.25, 0.3) is 0 Å². The molecule has 2 N–H and O–H groups in total. The Morgan fingerprint density at radius 3 is 2.23 bits per heavy atom. The number of furan rings is 1. The number of hydrogen-bond acceptors (Lipinski definition) is 5. The van der Waals surface area contributed by atoms with Gasteiger partial charge >= 0.3 is 0 Å². The van der Waals surface area contributed by atoms with E-state index in [0.29, 0.717) is 37.3 Å². The Labute approximate surface area is 175 Å². The minimum absolute atomic E-state index is 0.0212. The van der Waals surface area contributed by atoms with Crippen molar-refractivity contribution in [2.75, 3.05) is 13.1 Å². The van der Waals surface area contributed by atoms with E-state index in [4.69, 9.17) is 4.42 Å². The molecule has 2 aliphatic rings. The maximum atomic E-state index is 12.8. The quantitative estimate of drug-likeness (QED) is 0.728. The number of hydrogen-bond donors (Lipinski definition) is 2. The van der Waals surface area contributed by atoms with Crippen molar-refractivity contribution in [3.8, 4) is 0 Å². The lowest BCUT2D eigenvalue weighted by Gasteiger charge is -2.32. The third-order valence-corrected chi connectivity index (χ3v) is 7.03. The SMILES string of the molecule is Cc1ccoc1C(=O)NC1CCN(C(=O)c2ccc(S(=O)(=O)NC3CC3)cc2)CC1. The lowest BCUT2D eigenvalue weighted by atomic mass is 10.0. The van der Waals surface area contributed by atoms with Crippen LogP contribution in [0.1, 0.15) is 52.2 Å². The van der Waals surface area contributed by atoms with Crippen LogP contribution < -0.4 is 10.0 Å². The molecule has 1 saturated heterocycles. The van der Waals surface area contributed by atoms with Crippen molar-refractivity contribution in [3.63, 3.8) is 0 Å². The van der Waals surface area contributed by atoms with Crippen LogP contribution in [0.4, 0.5) is 0 Å². The molecule has 0 radical (unpaired) electrons. The zero-order valence-electron chi connectivity index (χ0n) is 16.8. The summed E-state index contributed by atoms with van der Waals surface area (Å²) in [6.07, 6.45) is 4.52. The standard InChI is InChI=1S/C21H25N3O5S/c1-14-10-13-29-19(14)20(25)22-16-8-11-24(12-9-16)21(26)15-2-6-18(7-3-15)30(27,28)23-17-4-5-17/h2-3,6-7,10,13,16-17,23H,4-5,8-9,11-12H2,1H3,(H,22,25). The van der Waals surface area contributed by atoms with Crippen molar-refractivity contribution < 1.29 is 22.4 Å². The molecule has 1 aliphatic carbocycles. The second-order valence-electron chi connectivity index (χ2n) is 7.89. The second kappa shape index (κ2) is 8.23. The highest BCUT2D eigenvalue weighted by Crippen LogP contribution is 2.23. The molecule has 1 aromatic carbocycles. The summed E-state index contributed by atoms with van der Waals surface area (Å²) in [6.45, 7) is 2.85. The first kappa shape index (κ1) is 20.6. The van der Waals surface area contributed by atoms with E-state index in [1.54, 1.807) is 23.1 Å². The first-order chi connectivity index (χ1) is 14.3. The topological polar surface area (TPSA) is 109 Å². The van der Waals surface area contributed by atoms with Gasteiger partial charge in [-0.05, 0) is 62.9 Å². The molecule has 2 fully saturated rings. The summed E-state index contributed by atoms with van der Waals surface area (Å²) in [5.41, 5.74) is 1.24. The number of likely N-dealkylation sites (tertiary alicyclic amines) is 1. The fourth-order valence-electron chi connectivity index (χ4n) is 3.53. The normalized spacial score (nSPS) is 17.7. The van der Waals surface area contributed by atoms with E-state index < -0.39 is 10.0 Å². The zero-order chi connectivity index (χ0) is 21.3. The van der Waals surface area contributed by atoms with Gasteiger partial charge < -0.3 is 14.6 Å². The first-order valence-corrected chi connectivity index (χ1v) is 11.6. The van der Waals surface area contributed by atoms with Crippen molar-refractivity contribution in [1.82, 2.24) is 14.9 Å². The molecule has 30 heavy (non-hydrogen) atoms. The van der Waals surface area contributed by atoms with E-state index in [9.17, 15) is 18.0 Å². The van der Waals surface area contributed by atoms with Crippen LogP contribution in [0.2, 0.25) is 0 Å². The Morgan fingerprint density at radius 2 is 1.67 bits per heavy atom. The average Bonchev–Trinajstić information content (AvgIpc) is 3.43.